The standard InChI is InChI=1S/C19H18Cl2N4/c20-14-9-16-15(17(21)10-14)2-3-18(16)24-5-7-25(8-6-24)19-4-1-13(11-22)12-23-19/h1,4,9-10,12,18H,2-3,5-8H2/t18-/m1/s1. The number of anilines is 1. The predicted molar refractivity (Wildman–Crippen MR) is 100 cm³/mol. The molecule has 25 heavy (non-hydrogen) atoms. The Morgan fingerprint density at radius 3 is 2.60 bits per heavy atom. The van der Waals surface area contributed by atoms with E-state index in [4.69, 9.17) is 28.5 Å². The van der Waals surface area contributed by atoms with E-state index in [0.29, 0.717) is 11.6 Å². The number of aromatic nitrogens is 1. The fourth-order valence-electron chi connectivity index (χ4n) is 3.90. The van der Waals surface area contributed by atoms with Crippen molar-refractivity contribution in [3.8, 4) is 6.07 Å². The van der Waals surface area contributed by atoms with Gasteiger partial charge < -0.3 is 4.90 Å². The van der Waals surface area contributed by atoms with Gasteiger partial charge in [-0.2, -0.15) is 5.26 Å². The minimum atomic E-state index is 0.405. The van der Waals surface area contributed by atoms with Crippen molar-refractivity contribution in [2.45, 2.75) is 18.9 Å². The van der Waals surface area contributed by atoms with Crippen molar-refractivity contribution >= 4 is 29.0 Å². The Hall–Kier alpha value is -1.80. The lowest BCUT2D eigenvalue weighted by molar-refractivity contribution is 0.185. The molecule has 1 aliphatic carbocycles. The van der Waals surface area contributed by atoms with Crippen molar-refractivity contribution in [1.29, 1.82) is 5.26 Å². The van der Waals surface area contributed by atoms with Gasteiger partial charge in [0.25, 0.3) is 0 Å². The summed E-state index contributed by atoms with van der Waals surface area (Å²) in [5, 5.41) is 10.4. The molecule has 2 heterocycles. The minimum Gasteiger partial charge on any atom is -0.354 e. The van der Waals surface area contributed by atoms with Crippen molar-refractivity contribution in [1.82, 2.24) is 9.88 Å². The quantitative estimate of drug-likeness (QED) is 0.796. The molecule has 0 N–H and O–H groups in total. The van der Waals surface area contributed by atoms with Crippen LogP contribution in [0.5, 0.6) is 0 Å². The smallest absolute Gasteiger partial charge is 0.128 e. The van der Waals surface area contributed by atoms with Crippen molar-refractivity contribution < 1.29 is 0 Å². The van der Waals surface area contributed by atoms with Crippen LogP contribution >= 0.6 is 23.2 Å². The van der Waals surface area contributed by atoms with E-state index in [2.05, 4.69) is 26.9 Å². The molecule has 0 bridgehead atoms. The van der Waals surface area contributed by atoms with E-state index in [1.807, 2.05) is 18.2 Å². The largest absolute Gasteiger partial charge is 0.354 e. The summed E-state index contributed by atoms with van der Waals surface area (Å²) >= 11 is 12.6. The van der Waals surface area contributed by atoms with E-state index in [-0.39, 0.29) is 0 Å². The molecule has 1 atom stereocenters. The van der Waals surface area contributed by atoms with Crippen molar-refractivity contribution in [3.05, 3.63) is 57.2 Å². The van der Waals surface area contributed by atoms with Crippen LogP contribution in [0.4, 0.5) is 5.82 Å². The van der Waals surface area contributed by atoms with Crippen LogP contribution in [0.2, 0.25) is 10.0 Å². The number of hydrogen-bond acceptors (Lipinski definition) is 4. The molecule has 1 aliphatic heterocycles. The number of hydrogen-bond donors (Lipinski definition) is 0. The van der Waals surface area contributed by atoms with Crippen LogP contribution in [0.1, 0.15) is 29.2 Å². The summed E-state index contributed by atoms with van der Waals surface area (Å²) in [7, 11) is 0. The van der Waals surface area contributed by atoms with Gasteiger partial charge >= 0.3 is 0 Å². The maximum absolute atomic E-state index is 8.88. The first-order valence-electron chi connectivity index (χ1n) is 8.48. The Bertz CT molecular complexity index is 821. The van der Waals surface area contributed by atoms with Gasteiger partial charge in [0.2, 0.25) is 0 Å². The van der Waals surface area contributed by atoms with Gasteiger partial charge in [0.1, 0.15) is 11.9 Å². The normalized spacial score (nSPS) is 20.4. The highest BCUT2D eigenvalue weighted by atomic mass is 35.5. The van der Waals surface area contributed by atoms with Crippen LogP contribution in [0.15, 0.2) is 30.5 Å². The fourth-order valence-corrected chi connectivity index (χ4v) is 4.51. The van der Waals surface area contributed by atoms with Crippen LogP contribution in [0.3, 0.4) is 0 Å². The average Bonchev–Trinajstić information content (AvgIpc) is 3.06. The molecular formula is C19H18Cl2N4. The third-order valence-electron chi connectivity index (χ3n) is 5.18. The zero-order valence-electron chi connectivity index (χ0n) is 13.8. The number of piperazine rings is 1. The zero-order chi connectivity index (χ0) is 17.4. The van der Waals surface area contributed by atoms with Crippen LogP contribution in [-0.2, 0) is 6.42 Å². The second kappa shape index (κ2) is 6.84. The Morgan fingerprint density at radius 2 is 1.92 bits per heavy atom. The molecule has 0 saturated carbocycles. The number of nitrogens with zero attached hydrogens (tertiary/aromatic N) is 4. The number of halogens is 2. The molecule has 1 fully saturated rings. The van der Waals surface area contributed by atoms with Gasteiger partial charge in [-0.1, -0.05) is 23.2 Å². The Kier molecular flexibility index (Phi) is 4.56. The highest BCUT2D eigenvalue weighted by molar-refractivity contribution is 6.35. The SMILES string of the molecule is N#Cc1ccc(N2CCN([C@@H]3CCc4c(Cl)cc(Cl)cc43)CC2)nc1. The first-order chi connectivity index (χ1) is 12.2. The molecule has 0 spiro atoms. The summed E-state index contributed by atoms with van der Waals surface area (Å²) < 4.78 is 0. The molecule has 2 aromatic rings. The lowest BCUT2D eigenvalue weighted by Crippen LogP contribution is -2.47. The third kappa shape index (κ3) is 3.20. The highest BCUT2D eigenvalue weighted by Gasteiger charge is 2.32. The van der Waals surface area contributed by atoms with Crippen LogP contribution in [0.25, 0.3) is 0 Å². The number of nitriles is 1. The van der Waals surface area contributed by atoms with Gasteiger partial charge in [-0.05, 0) is 48.2 Å². The van der Waals surface area contributed by atoms with Crippen LogP contribution < -0.4 is 4.90 Å². The summed E-state index contributed by atoms with van der Waals surface area (Å²) in [6.07, 6.45) is 3.76. The average molecular weight is 373 g/mol. The molecule has 128 valence electrons. The second-order valence-corrected chi connectivity index (χ2v) is 7.39. The third-order valence-corrected chi connectivity index (χ3v) is 5.73. The topological polar surface area (TPSA) is 43.2 Å². The summed E-state index contributed by atoms with van der Waals surface area (Å²) in [5.74, 6) is 0.941. The molecule has 4 rings (SSSR count). The summed E-state index contributed by atoms with van der Waals surface area (Å²) in [4.78, 5) is 9.21. The molecule has 0 unspecified atom stereocenters. The number of rotatable bonds is 2. The molecule has 0 amide bonds. The van der Waals surface area contributed by atoms with E-state index < -0.39 is 0 Å². The fraction of sp³-hybridized carbons (Fsp3) is 0.368. The predicted octanol–water partition coefficient (Wildman–Crippen LogP) is 4.07. The maximum atomic E-state index is 8.88. The maximum Gasteiger partial charge on any atom is 0.128 e. The molecule has 4 nitrogen and oxygen atoms in total. The van der Waals surface area contributed by atoms with Gasteiger partial charge in [-0.15, -0.1) is 0 Å². The van der Waals surface area contributed by atoms with E-state index in [0.717, 1.165) is 54.9 Å². The van der Waals surface area contributed by atoms with Crippen molar-refractivity contribution in [3.63, 3.8) is 0 Å². The van der Waals surface area contributed by atoms with Gasteiger partial charge in [0, 0.05) is 48.5 Å². The summed E-state index contributed by atoms with van der Waals surface area (Å²) in [6.45, 7) is 3.82. The van der Waals surface area contributed by atoms with E-state index in [1.165, 1.54) is 11.1 Å². The van der Waals surface area contributed by atoms with Crippen molar-refractivity contribution in [2.75, 3.05) is 31.1 Å². The summed E-state index contributed by atoms with van der Waals surface area (Å²) in [5.41, 5.74) is 3.15. The van der Waals surface area contributed by atoms with Gasteiger partial charge in [-0.25, -0.2) is 4.98 Å². The molecule has 1 saturated heterocycles. The first kappa shape index (κ1) is 16.7. The van der Waals surface area contributed by atoms with E-state index in [1.54, 1.807) is 6.20 Å². The summed E-state index contributed by atoms with van der Waals surface area (Å²) in [6, 6.07) is 10.2. The molecule has 1 aromatic heterocycles. The van der Waals surface area contributed by atoms with E-state index in [9.17, 15) is 0 Å². The van der Waals surface area contributed by atoms with Crippen molar-refractivity contribution in [2.24, 2.45) is 0 Å². The number of fused-ring (bicyclic) bond motifs is 1. The Labute approximate surface area is 157 Å². The monoisotopic (exact) mass is 372 g/mol. The molecule has 0 radical (unpaired) electrons. The lowest BCUT2D eigenvalue weighted by Gasteiger charge is -2.39. The van der Waals surface area contributed by atoms with Gasteiger partial charge in [-0.3, -0.25) is 4.90 Å². The van der Waals surface area contributed by atoms with E-state index >= 15 is 0 Å². The molecule has 1 aromatic carbocycles. The van der Waals surface area contributed by atoms with Crippen LogP contribution in [-0.4, -0.2) is 36.1 Å². The molecule has 2 aliphatic rings. The number of benzene rings is 1. The highest BCUT2D eigenvalue weighted by Crippen LogP contribution is 2.41. The number of pyridine rings is 1. The molecule has 6 heteroatoms. The van der Waals surface area contributed by atoms with Crippen LogP contribution in [0, 0.1) is 11.3 Å². The minimum absolute atomic E-state index is 0.405. The Balaban J connectivity index is 1.46. The van der Waals surface area contributed by atoms with Gasteiger partial charge in [0.15, 0.2) is 0 Å². The Morgan fingerprint density at radius 1 is 1.12 bits per heavy atom. The second-order valence-electron chi connectivity index (χ2n) is 6.55. The van der Waals surface area contributed by atoms with Gasteiger partial charge in [0.05, 0.1) is 5.56 Å². The zero-order valence-corrected chi connectivity index (χ0v) is 15.3. The lowest BCUT2D eigenvalue weighted by atomic mass is 10.1. The first-order valence-corrected chi connectivity index (χ1v) is 9.24. The molecular weight excluding hydrogens is 355 g/mol.